The molecule has 0 aromatic heterocycles. The highest BCUT2D eigenvalue weighted by atomic mass is 16.5. The van der Waals surface area contributed by atoms with Gasteiger partial charge in [0, 0.05) is 19.1 Å². The Morgan fingerprint density at radius 2 is 2.07 bits per heavy atom. The van der Waals surface area contributed by atoms with E-state index in [4.69, 9.17) is 10.00 Å². The van der Waals surface area contributed by atoms with E-state index in [2.05, 4.69) is 24.8 Å². The average molecular weight is 210 g/mol. The van der Waals surface area contributed by atoms with Gasteiger partial charge in [0.15, 0.2) is 0 Å². The predicted octanol–water partition coefficient (Wildman–Crippen LogP) is 1.89. The van der Waals surface area contributed by atoms with E-state index in [9.17, 15) is 0 Å². The maximum atomic E-state index is 8.76. The van der Waals surface area contributed by atoms with Crippen LogP contribution < -0.4 is 0 Å². The number of ether oxygens (including phenoxy) is 1. The molecule has 0 aliphatic carbocycles. The summed E-state index contributed by atoms with van der Waals surface area (Å²) >= 11 is 0. The molecule has 0 radical (unpaired) electrons. The van der Waals surface area contributed by atoms with Crippen LogP contribution in [0.2, 0.25) is 0 Å². The number of hydrogen-bond acceptors (Lipinski definition) is 3. The Labute approximate surface area is 93.0 Å². The van der Waals surface area contributed by atoms with E-state index in [1.807, 2.05) is 0 Å². The maximum absolute atomic E-state index is 8.76. The molecule has 0 aromatic carbocycles. The van der Waals surface area contributed by atoms with Crippen LogP contribution in [-0.4, -0.2) is 37.7 Å². The molecule has 0 bridgehead atoms. The molecular formula is C12H22N2O. The molecule has 1 saturated heterocycles. The van der Waals surface area contributed by atoms with Crippen molar-refractivity contribution in [1.29, 1.82) is 5.26 Å². The molecule has 0 aromatic rings. The lowest BCUT2D eigenvalue weighted by Crippen LogP contribution is -2.35. The zero-order chi connectivity index (χ0) is 11.1. The molecule has 0 saturated carbocycles. The second kappa shape index (κ2) is 6.81. The summed E-state index contributed by atoms with van der Waals surface area (Å²) in [4.78, 5) is 2.40. The largest absolute Gasteiger partial charge is 0.380 e. The normalized spacial score (nSPS) is 19.3. The molecule has 0 N–H and O–H groups in total. The van der Waals surface area contributed by atoms with E-state index in [0.29, 0.717) is 5.92 Å². The predicted molar refractivity (Wildman–Crippen MR) is 60.4 cm³/mol. The molecule has 3 nitrogen and oxygen atoms in total. The van der Waals surface area contributed by atoms with Crippen LogP contribution in [0.5, 0.6) is 0 Å². The van der Waals surface area contributed by atoms with Crippen LogP contribution in [0.25, 0.3) is 0 Å². The van der Waals surface area contributed by atoms with Gasteiger partial charge >= 0.3 is 0 Å². The molecule has 1 heterocycles. The first-order valence-electron chi connectivity index (χ1n) is 5.92. The Morgan fingerprint density at radius 3 is 2.60 bits per heavy atom. The first kappa shape index (κ1) is 12.5. The van der Waals surface area contributed by atoms with Gasteiger partial charge in [0.1, 0.15) is 0 Å². The molecule has 0 amide bonds. The van der Waals surface area contributed by atoms with Crippen molar-refractivity contribution in [3.63, 3.8) is 0 Å². The van der Waals surface area contributed by atoms with Gasteiger partial charge in [-0.25, -0.2) is 0 Å². The fraction of sp³-hybridized carbons (Fsp3) is 0.917. The van der Waals surface area contributed by atoms with Crippen molar-refractivity contribution in [2.75, 3.05) is 32.8 Å². The topological polar surface area (TPSA) is 36.3 Å². The fourth-order valence-electron chi connectivity index (χ4n) is 1.80. The van der Waals surface area contributed by atoms with Gasteiger partial charge in [-0.05, 0) is 31.8 Å². The Hall–Kier alpha value is -0.590. The Bertz CT molecular complexity index is 202. The van der Waals surface area contributed by atoms with E-state index in [-0.39, 0.29) is 5.92 Å². The molecule has 86 valence electrons. The van der Waals surface area contributed by atoms with Gasteiger partial charge in [-0.3, -0.25) is 0 Å². The standard InChI is InChI=1S/C12H22N2O/c1-11(2)10-15-8-7-14-5-3-12(9-13)4-6-14/h11-12H,3-8,10H2,1-2H3. The van der Waals surface area contributed by atoms with Crippen molar-refractivity contribution in [2.45, 2.75) is 26.7 Å². The van der Waals surface area contributed by atoms with Crippen LogP contribution in [-0.2, 0) is 4.74 Å². The average Bonchev–Trinajstić information content (AvgIpc) is 2.25. The Kier molecular flexibility index (Phi) is 5.67. The molecule has 1 aliphatic heterocycles. The van der Waals surface area contributed by atoms with Crippen LogP contribution in [0.1, 0.15) is 26.7 Å². The summed E-state index contributed by atoms with van der Waals surface area (Å²) in [6.45, 7) is 9.15. The summed E-state index contributed by atoms with van der Waals surface area (Å²) in [5.41, 5.74) is 0. The quantitative estimate of drug-likeness (QED) is 0.650. The minimum Gasteiger partial charge on any atom is -0.380 e. The second-order valence-electron chi connectivity index (χ2n) is 4.71. The van der Waals surface area contributed by atoms with Gasteiger partial charge in [0.25, 0.3) is 0 Å². The summed E-state index contributed by atoms with van der Waals surface area (Å²) in [6, 6.07) is 2.35. The molecular weight excluding hydrogens is 188 g/mol. The zero-order valence-electron chi connectivity index (χ0n) is 9.91. The van der Waals surface area contributed by atoms with Crippen molar-refractivity contribution in [3.8, 4) is 6.07 Å². The van der Waals surface area contributed by atoms with Crippen LogP contribution in [0, 0.1) is 23.2 Å². The Balaban J connectivity index is 2.02. The summed E-state index contributed by atoms with van der Waals surface area (Å²) < 4.78 is 5.54. The van der Waals surface area contributed by atoms with Crippen molar-refractivity contribution >= 4 is 0 Å². The van der Waals surface area contributed by atoms with Crippen LogP contribution in [0.15, 0.2) is 0 Å². The van der Waals surface area contributed by atoms with E-state index in [1.165, 1.54) is 0 Å². The van der Waals surface area contributed by atoms with E-state index < -0.39 is 0 Å². The first-order valence-corrected chi connectivity index (χ1v) is 5.92. The molecule has 0 unspecified atom stereocenters. The monoisotopic (exact) mass is 210 g/mol. The molecule has 15 heavy (non-hydrogen) atoms. The lowest BCUT2D eigenvalue weighted by molar-refractivity contribution is 0.0770. The number of hydrogen-bond donors (Lipinski definition) is 0. The van der Waals surface area contributed by atoms with Crippen LogP contribution >= 0.6 is 0 Å². The number of piperidine rings is 1. The van der Waals surface area contributed by atoms with Gasteiger partial charge in [0.2, 0.25) is 0 Å². The molecule has 1 rings (SSSR count). The van der Waals surface area contributed by atoms with Gasteiger partial charge < -0.3 is 9.64 Å². The number of rotatable bonds is 5. The lowest BCUT2D eigenvalue weighted by atomic mass is 9.99. The highest BCUT2D eigenvalue weighted by Gasteiger charge is 2.17. The highest BCUT2D eigenvalue weighted by molar-refractivity contribution is 4.87. The fourth-order valence-corrected chi connectivity index (χ4v) is 1.80. The molecule has 0 atom stereocenters. The lowest BCUT2D eigenvalue weighted by Gasteiger charge is -2.28. The van der Waals surface area contributed by atoms with Crippen molar-refractivity contribution in [1.82, 2.24) is 4.90 Å². The smallest absolute Gasteiger partial charge is 0.0656 e. The minimum absolute atomic E-state index is 0.290. The summed E-state index contributed by atoms with van der Waals surface area (Å²) in [5.74, 6) is 0.909. The van der Waals surface area contributed by atoms with Crippen LogP contribution in [0.3, 0.4) is 0 Å². The SMILES string of the molecule is CC(C)COCCN1CCC(C#N)CC1. The van der Waals surface area contributed by atoms with E-state index in [0.717, 1.165) is 45.7 Å². The zero-order valence-corrected chi connectivity index (χ0v) is 9.91. The summed E-state index contributed by atoms with van der Waals surface area (Å²) in [6.07, 6.45) is 2.06. The summed E-state index contributed by atoms with van der Waals surface area (Å²) in [5, 5.41) is 8.76. The number of nitrogens with zero attached hydrogens (tertiary/aromatic N) is 2. The van der Waals surface area contributed by atoms with Gasteiger partial charge in [0.05, 0.1) is 12.7 Å². The van der Waals surface area contributed by atoms with Crippen molar-refractivity contribution in [2.24, 2.45) is 11.8 Å². The van der Waals surface area contributed by atoms with Crippen LogP contribution in [0.4, 0.5) is 0 Å². The molecule has 3 heteroatoms. The van der Waals surface area contributed by atoms with Crippen molar-refractivity contribution < 1.29 is 4.74 Å². The number of likely N-dealkylation sites (tertiary alicyclic amines) is 1. The van der Waals surface area contributed by atoms with Gasteiger partial charge in [-0.2, -0.15) is 5.26 Å². The molecule has 1 fully saturated rings. The maximum Gasteiger partial charge on any atom is 0.0656 e. The van der Waals surface area contributed by atoms with E-state index in [1.54, 1.807) is 0 Å². The van der Waals surface area contributed by atoms with E-state index >= 15 is 0 Å². The second-order valence-corrected chi connectivity index (χ2v) is 4.71. The Morgan fingerprint density at radius 1 is 1.40 bits per heavy atom. The number of nitriles is 1. The highest BCUT2D eigenvalue weighted by Crippen LogP contribution is 2.15. The first-order chi connectivity index (χ1) is 7.22. The third-order valence-electron chi connectivity index (χ3n) is 2.77. The summed E-state index contributed by atoms with van der Waals surface area (Å²) in [7, 11) is 0. The van der Waals surface area contributed by atoms with Crippen molar-refractivity contribution in [3.05, 3.63) is 0 Å². The molecule has 0 spiro atoms. The van der Waals surface area contributed by atoms with Gasteiger partial charge in [-0.15, -0.1) is 0 Å². The van der Waals surface area contributed by atoms with Gasteiger partial charge in [-0.1, -0.05) is 13.8 Å². The molecule has 1 aliphatic rings. The minimum atomic E-state index is 0.290. The third-order valence-corrected chi connectivity index (χ3v) is 2.77. The third kappa shape index (κ3) is 5.15.